The van der Waals surface area contributed by atoms with Gasteiger partial charge in [-0.05, 0) is 30.9 Å². The lowest BCUT2D eigenvalue weighted by Crippen LogP contribution is -2.30. The number of nitrogens with one attached hydrogen (secondary N) is 1. The normalized spacial score (nSPS) is 21.7. The van der Waals surface area contributed by atoms with Crippen molar-refractivity contribution in [3.63, 3.8) is 0 Å². The Morgan fingerprint density at radius 2 is 2.00 bits per heavy atom. The van der Waals surface area contributed by atoms with Crippen molar-refractivity contribution in [1.82, 2.24) is 9.88 Å². The van der Waals surface area contributed by atoms with E-state index in [1.54, 1.807) is 12.0 Å². The van der Waals surface area contributed by atoms with Crippen LogP contribution >= 0.6 is 11.6 Å². The standard InChI is InChI=1S/C21H24ClF3N4O3S/c1-32-14-6-7-28(12-14)10-13-5-8-29(11-13)16-9-15(23)21(20(25)19(16)22)33(30,31)27-18-4-2-3-17(24)26-18/h2-4,9,13-14H,5-8,10-12H2,1H3,(H,26,27)/t13?,14-/m0/s1. The van der Waals surface area contributed by atoms with Crippen LogP contribution in [0.25, 0.3) is 0 Å². The van der Waals surface area contributed by atoms with Gasteiger partial charge in [0.2, 0.25) is 5.95 Å². The fraction of sp³-hybridized carbons (Fsp3) is 0.476. The van der Waals surface area contributed by atoms with Crippen molar-refractivity contribution < 1.29 is 26.3 Å². The van der Waals surface area contributed by atoms with Gasteiger partial charge in [-0.25, -0.2) is 22.2 Å². The summed E-state index contributed by atoms with van der Waals surface area (Å²) in [7, 11) is -3.04. The molecule has 3 heterocycles. The van der Waals surface area contributed by atoms with Crippen LogP contribution in [0, 0.1) is 23.5 Å². The molecule has 2 atom stereocenters. The summed E-state index contributed by atoms with van der Waals surface area (Å²) in [5, 5.41) is -0.481. The van der Waals surface area contributed by atoms with Crippen LogP contribution in [-0.2, 0) is 14.8 Å². The van der Waals surface area contributed by atoms with E-state index in [2.05, 4.69) is 9.88 Å². The second kappa shape index (κ2) is 9.65. The molecular weight excluding hydrogens is 481 g/mol. The number of benzene rings is 1. The minimum absolute atomic E-state index is 0.105. The summed E-state index contributed by atoms with van der Waals surface area (Å²) in [6.07, 6.45) is 2.02. The second-order valence-corrected chi connectivity index (χ2v) is 10.3. The molecular formula is C21H24ClF3N4O3S. The van der Waals surface area contributed by atoms with Gasteiger partial charge in [-0.1, -0.05) is 17.7 Å². The van der Waals surface area contributed by atoms with Crippen LogP contribution < -0.4 is 9.62 Å². The van der Waals surface area contributed by atoms with Gasteiger partial charge >= 0.3 is 0 Å². The largest absolute Gasteiger partial charge is 0.380 e. The summed E-state index contributed by atoms with van der Waals surface area (Å²) < 4.78 is 75.6. The van der Waals surface area contributed by atoms with Gasteiger partial charge in [-0.2, -0.15) is 4.39 Å². The SMILES string of the molecule is CO[C@H]1CCN(CC2CCN(c3cc(F)c(S(=O)(=O)Nc4cccc(F)n4)c(F)c3Cl)C2)C1. The predicted molar refractivity (Wildman–Crippen MR) is 119 cm³/mol. The maximum absolute atomic E-state index is 15.0. The highest BCUT2D eigenvalue weighted by atomic mass is 35.5. The van der Waals surface area contributed by atoms with Crippen molar-refractivity contribution in [2.45, 2.75) is 23.8 Å². The topological polar surface area (TPSA) is 74.8 Å². The van der Waals surface area contributed by atoms with E-state index < -0.39 is 43.3 Å². The van der Waals surface area contributed by atoms with Crippen LogP contribution in [0.1, 0.15) is 12.8 Å². The first-order valence-electron chi connectivity index (χ1n) is 10.5. The summed E-state index contributed by atoms with van der Waals surface area (Å²) >= 11 is 6.16. The zero-order valence-electron chi connectivity index (χ0n) is 17.9. The fourth-order valence-corrected chi connectivity index (χ4v) is 5.89. The van der Waals surface area contributed by atoms with Gasteiger partial charge in [0.1, 0.15) is 16.7 Å². The molecule has 0 bridgehead atoms. The van der Waals surface area contributed by atoms with Gasteiger partial charge in [0.25, 0.3) is 10.0 Å². The number of methoxy groups -OCH3 is 1. The van der Waals surface area contributed by atoms with Crippen molar-refractivity contribution in [2.75, 3.05) is 49.5 Å². The summed E-state index contributed by atoms with van der Waals surface area (Å²) in [5.74, 6) is -3.76. The highest BCUT2D eigenvalue weighted by molar-refractivity contribution is 7.92. The lowest BCUT2D eigenvalue weighted by atomic mass is 10.1. The summed E-state index contributed by atoms with van der Waals surface area (Å²) in [4.78, 5) is 6.19. The Balaban J connectivity index is 1.51. The molecule has 0 spiro atoms. The summed E-state index contributed by atoms with van der Waals surface area (Å²) in [5.41, 5.74) is 0.105. The van der Waals surface area contributed by atoms with Crippen molar-refractivity contribution in [2.24, 2.45) is 5.92 Å². The van der Waals surface area contributed by atoms with Gasteiger partial charge in [-0.3, -0.25) is 4.72 Å². The molecule has 0 radical (unpaired) electrons. The number of ether oxygens (including phenoxy) is 1. The Morgan fingerprint density at radius 3 is 2.70 bits per heavy atom. The Kier molecular flexibility index (Phi) is 7.04. The third-order valence-corrected chi connectivity index (χ3v) is 7.77. The first-order chi connectivity index (χ1) is 15.7. The van der Waals surface area contributed by atoms with Crippen molar-refractivity contribution in [3.05, 3.63) is 46.9 Å². The van der Waals surface area contributed by atoms with Gasteiger partial charge in [0.15, 0.2) is 10.7 Å². The van der Waals surface area contributed by atoms with Crippen LogP contribution in [0.15, 0.2) is 29.2 Å². The van der Waals surface area contributed by atoms with Crippen molar-refractivity contribution in [3.8, 4) is 0 Å². The Labute approximate surface area is 195 Å². The van der Waals surface area contributed by atoms with Crippen LogP contribution in [0.3, 0.4) is 0 Å². The number of nitrogens with zero attached hydrogens (tertiary/aromatic N) is 3. The lowest BCUT2D eigenvalue weighted by Gasteiger charge is -2.23. The third-order valence-electron chi connectivity index (χ3n) is 6.03. The van der Waals surface area contributed by atoms with Gasteiger partial charge in [0.05, 0.1) is 11.8 Å². The Bertz CT molecular complexity index is 1140. The molecule has 0 amide bonds. The van der Waals surface area contributed by atoms with Gasteiger partial charge in [-0.15, -0.1) is 0 Å². The molecule has 0 aliphatic carbocycles. The minimum Gasteiger partial charge on any atom is -0.380 e. The molecule has 2 saturated heterocycles. The number of halogens is 4. The zero-order valence-corrected chi connectivity index (χ0v) is 19.5. The van der Waals surface area contributed by atoms with Crippen LogP contribution in [-0.4, -0.2) is 64.2 Å². The van der Waals surface area contributed by atoms with Gasteiger partial charge in [0, 0.05) is 45.9 Å². The highest BCUT2D eigenvalue weighted by Gasteiger charge is 2.33. The molecule has 1 unspecified atom stereocenters. The van der Waals surface area contributed by atoms with E-state index in [-0.39, 0.29) is 17.7 Å². The molecule has 2 aromatic rings. The molecule has 2 fully saturated rings. The highest BCUT2D eigenvalue weighted by Crippen LogP contribution is 2.37. The van der Waals surface area contributed by atoms with Crippen molar-refractivity contribution in [1.29, 1.82) is 0 Å². The van der Waals surface area contributed by atoms with Crippen LogP contribution in [0.2, 0.25) is 5.02 Å². The maximum atomic E-state index is 15.0. The quantitative estimate of drug-likeness (QED) is 0.459. The average molecular weight is 505 g/mol. The van der Waals surface area contributed by atoms with E-state index in [1.807, 2.05) is 4.72 Å². The molecule has 2 aliphatic rings. The maximum Gasteiger partial charge on any atom is 0.268 e. The van der Waals surface area contributed by atoms with Crippen molar-refractivity contribution >= 4 is 33.1 Å². The molecule has 7 nitrogen and oxygen atoms in total. The molecule has 0 saturated carbocycles. The first-order valence-corrected chi connectivity index (χ1v) is 12.4. The summed E-state index contributed by atoms with van der Waals surface area (Å²) in [6.45, 7) is 3.73. The summed E-state index contributed by atoms with van der Waals surface area (Å²) in [6, 6.07) is 4.31. The second-order valence-electron chi connectivity index (χ2n) is 8.29. The number of sulfonamides is 1. The fourth-order valence-electron chi connectivity index (χ4n) is 4.42. The molecule has 180 valence electrons. The zero-order chi connectivity index (χ0) is 23.8. The Hall–Kier alpha value is -2.08. The number of aromatic nitrogens is 1. The molecule has 1 aromatic carbocycles. The van der Waals surface area contributed by atoms with E-state index in [9.17, 15) is 17.2 Å². The predicted octanol–water partition coefficient (Wildman–Crippen LogP) is 3.50. The Morgan fingerprint density at radius 1 is 1.21 bits per heavy atom. The monoisotopic (exact) mass is 504 g/mol. The molecule has 33 heavy (non-hydrogen) atoms. The lowest BCUT2D eigenvalue weighted by molar-refractivity contribution is 0.106. The van der Waals surface area contributed by atoms with E-state index in [0.717, 1.165) is 50.7 Å². The van der Waals surface area contributed by atoms with E-state index in [0.29, 0.717) is 13.1 Å². The number of rotatable bonds is 7. The molecule has 1 aromatic heterocycles. The van der Waals surface area contributed by atoms with Gasteiger partial charge < -0.3 is 14.5 Å². The smallest absolute Gasteiger partial charge is 0.268 e. The van der Waals surface area contributed by atoms with Crippen LogP contribution in [0.4, 0.5) is 24.7 Å². The molecule has 12 heteroatoms. The number of hydrogen-bond acceptors (Lipinski definition) is 6. The molecule has 2 aliphatic heterocycles. The molecule has 1 N–H and O–H groups in total. The van der Waals surface area contributed by atoms with E-state index >= 15 is 4.39 Å². The van der Waals surface area contributed by atoms with E-state index in [1.165, 1.54) is 6.07 Å². The number of hydrogen-bond donors (Lipinski definition) is 1. The number of likely N-dealkylation sites (tertiary alicyclic amines) is 1. The number of pyridine rings is 1. The number of anilines is 2. The third kappa shape index (κ3) is 5.21. The molecule has 4 rings (SSSR count). The minimum atomic E-state index is -4.74. The van der Waals surface area contributed by atoms with Crippen LogP contribution in [0.5, 0.6) is 0 Å². The average Bonchev–Trinajstić information content (AvgIpc) is 3.40. The first kappa shape index (κ1) is 24.1. The van der Waals surface area contributed by atoms with E-state index in [4.69, 9.17) is 16.3 Å².